The van der Waals surface area contributed by atoms with E-state index in [2.05, 4.69) is 15.4 Å². The molecule has 1 N–H and O–H groups in total. The summed E-state index contributed by atoms with van der Waals surface area (Å²) in [5, 5.41) is 8.62. The quantitative estimate of drug-likeness (QED) is 0.749. The molecule has 148 valence electrons. The number of carbonyl (C=O) groups is 1. The maximum atomic E-state index is 12.7. The van der Waals surface area contributed by atoms with Crippen molar-refractivity contribution in [1.29, 1.82) is 0 Å². The molecule has 3 aliphatic heterocycles. The number of hydrogen-bond acceptors (Lipinski definition) is 7. The lowest BCUT2D eigenvalue weighted by molar-refractivity contribution is -0.114. The molecule has 4 heterocycles. The van der Waals surface area contributed by atoms with Crippen molar-refractivity contribution in [3.63, 3.8) is 0 Å². The highest BCUT2D eigenvalue weighted by atomic mass is 32.2. The van der Waals surface area contributed by atoms with Gasteiger partial charge in [-0.25, -0.2) is 8.42 Å². The van der Waals surface area contributed by atoms with E-state index in [1.807, 2.05) is 0 Å². The van der Waals surface area contributed by atoms with Crippen LogP contribution in [0.2, 0.25) is 0 Å². The highest BCUT2D eigenvalue weighted by Crippen LogP contribution is 2.37. The molecular weight excluding hydrogens is 388 g/mol. The van der Waals surface area contributed by atoms with Gasteiger partial charge in [0.05, 0.1) is 6.54 Å². The standard InChI is InChI=1S/C17H24N4O4S2/c22-16(18-6-10-20-7-1-2-8-20)14-12-17(25-19-14)5-9-21(13-17)27(23,24)15-4-3-11-26-15/h3-4,11H,1-2,5-10,12-13H2,(H,18,22)/t17-/m0/s1. The smallest absolute Gasteiger partial charge is 0.269 e. The number of nitrogens with zero attached hydrogens (tertiary/aromatic N) is 3. The monoisotopic (exact) mass is 412 g/mol. The normalized spacial score (nSPS) is 26.4. The molecule has 27 heavy (non-hydrogen) atoms. The summed E-state index contributed by atoms with van der Waals surface area (Å²) in [6.07, 6.45) is 3.33. The van der Waals surface area contributed by atoms with Gasteiger partial charge in [0.25, 0.3) is 15.9 Å². The molecule has 0 bridgehead atoms. The Balaban J connectivity index is 1.30. The van der Waals surface area contributed by atoms with Gasteiger partial charge in [-0.3, -0.25) is 4.79 Å². The largest absolute Gasteiger partial charge is 0.387 e. The number of rotatable bonds is 6. The SMILES string of the molecule is O=C(NCCN1CCCC1)C1=NO[C@@]2(CCN(S(=O)(=O)c3cccs3)C2)C1. The molecule has 0 aliphatic carbocycles. The van der Waals surface area contributed by atoms with Crippen molar-refractivity contribution in [2.45, 2.75) is 35.5 Å². The zero-order valence-corrected chi connectivity index (χ0v) is 16.7. The lowest BCUT2D eigenvalue weighted by Crippen LogP contribution is -2.40. The molecule has 1 amide bonds. The minimum absolute atomic E-state index is 0.217. The summed E-state index contributed by atoms with van der Waals surface area (Å²) >= 11 is 1.21. The Labute approximate surface area is 163 Å². The maximum absolute atomic E-state index is 12.7. The second-order valence-corrected chi connectivity index (χ2v) is 10.4. The van der Waals surface area contributed by atoms with Gasteiger partial charge in [0.1, 0.15) is 9.92 Å². The molecule has 0 unspecified atom stereocenters. The minimum atomic E-state index is -3.51. The van der Waals surface area contributed by atoms with Crippen LogP contribution in [0.3, 0.4) is 0 Å². The zero-order valence-electron chi connectivity index (χ0n) is 15.1. The molecule has 1 aromatic rings. The average Bonchev–Trinajstić information content (AvgIpc) is 3.45. The van der Waals surface area contributed by atoms with Gasteiger partial charge in [-0.1, -0.05) is 11.2 Å². The molecule has 4 rings (SSSR count). The Morgan fingerprint density at radius 1 is 1.33 bits per heavy atom. The van der Waals surface area contributed by atoms with E-state index in [-0.39, 0.29) is 12.5 Å². The van der Waals surface area contributed by atoms with Crippen LogP contribution in [0.4, 0.5) is 0 Å². The van der Waals surface area contributed by atoms with Crippen molar-refractivity contribution < 1.29 is 18.0 Å². The number of carbonyl (C=O) groups excluding carboxylic acids is 1. The molecule has 0 aromatic carbocycles. The van der Waals surface area contributed by atoms with E-state index >= 15 is 0 Å². The van der Waals surface area contributed by atoms with E-state index in [0.717, 1.165) is 19.6 Å². The van der Waals surface area contributed by atoms with Crippen LogP contribution in [0.1, 0.15) is 25.7 Å². The van der Waals surface area contributed by atoms with Crippen LogP contribution in [0.15, 0.2) is 26.9 Å². The Morgan fingerprint density at radius 2 is 2.15 bits per heavy atom. The first-order chi connectivity index (χ1) is 13.0. The molecule has 1 spiro atoms. The number of thiophene rings is 1. The van der Waals surface area contributed by atoms with Gasteiger partial charge >= 0.3 is 0 Å². The Bertz CT molecular complexity index is 818. The van der Waals surface area contributed by atoms with Crippen LogP contribution in [0.5, 0.6) is 0 Å². The first-order valence-corrected chi connectivity index (χ1v) is 11.6. The summed E-state index contributed by atoms with van der Waals surface area (Å²) in [7, 11) is -3.51. The van der Waals surface area contributed by atoms with Gasteiger partial charge in [-0.2, -0.15) is 4.31 Å². The summed E-state index contributed by atoms with van der Waals surface area (Å²) in [4.78, 5) is 20.3. The molecule has 1 atom stereocenters. The first kappa shape index (κ1) is 18.9. The lowest BCUT2D eigenvalue weighted by Gasteiger charge is -2.21. The molecular formula is C17H24N4O4S2. The van der Waals surface area contributed by atoms with Crippen LogP contribution >= 0.6 is 11.3 Å². The molecule has 0 radical (unpaired) electrons. The summed E-state index contributed by atoms with van der Waals surface area (Å²) in [6.45, 7) is 4.22. The predicted octanol–water partition coefficient (Wildman–Crippen LogP) is 0.870. The molecule has 10 heteroatoms. The average molecular weight is 413 g/mol. The van der Waals surface area contributed by atoms with E-state index in [1.54, 1.807) is 17.5 Å². The van der Waals surface area contributed by atoms with Gasteiger partial charge in [-0.05, 0) is 37.4 Å². The third kappa shape index (κ3) is 3.89. The second kappa shape index (κ2) is 7.50. The lowest BCUT2D eigenvalue weighted by atomic mass is 9.96. The van der Waals surface area contributed by atoms with Crippen LogP contribution in [0.25, 0.3) is 0 Å². The van der Waals surface area contributed by atoms with Crippen molar-refractivity contribution in [2.24, 2.45) is 5.16 Å². The fraction of sp³-hybridized carbons (Fsp3) is 0.647. The highest BCUT2D eigenvalue weighted by molar-refractivity contribution is 7.91. The number of hydrogen-bond donors (Lipinski definition) is 1. The molecule has 1 aromatic heterocycles. The Kier molecular flexibility index (Phi) is 5.23. The van der Waals surface area contributed by atoms with Crippen LogP contribution in [0, 0.1) is 0 Å². The van der Waals surface area contributed by atoms with Gasteiger partial charge < -0.3 is 15.1 Å². The molecule has 2 saturated heterocycles. The highest BCUT2D eigenvalue weighted by Gasteiger charge is 2.49. The van der Waals surface area contributed by atoms with Crippen LogP contribution in [-0.2, 0) is 19.7 Å². The van der Waals surface area contributed by atoms with E-state index in [1.165, 1.54) is 28.5 Å². The molecule has 0 saturated carbocycles. The van der Waals surface area contributed by atoms with Crippen LogP contribution < -0.4 is 5.32 Å². The first-order valence-electron chi connectivity index (χ1n) is 9.28. The summed E-state index contributed by atoms with van der Waals surface area (Å²) in [6, 6.07) is 3.33. The zero-order chi connectivity index (χ0) is 18.9. The summed E-state index contributed by atoms with van der Waals surface area (Å²) < 4.78 is 27.1. The molecule has 8 nitrogen and oxygen atoms in total. The number of nitrogens with one attached hydrogen (secondary N) is 1. The van der Waals surface area contributed by atoms with Crippen molar-refractivity contribution >= 4 is 33.0 Å². The summed E-state index contributed by atoms with van der Waals surface area (Å²) in [5.41, 5.74) is -0.363. The number of sulfonamides is 1. The number of amides is 1. The third-order valence-corrected chi connectivity index (χ3v) is 8.60. The van der Waals surface area contributed by atoms with Gasteiger partial charge in [0.2, 0.25) is 0 Å². The molecule has 3 aliphatic rings. The number of oxime groups is 1. The van der Waals surface area contributed by atoms with Crippen molar-refractivity contribution in [3.8, 4) is 0 Å². The van der Waals surface area contributed by atoms with E-state index in [9.17, 15) is 13.2 Å². The van der Waals surface area contributed by atoms with Gasteiger partial charge in [0, 0.05) is 32.5 Å². The Morgan fingerprint density at radius 3 is 2.89 bits per heavy atom. The topological polar surface area (TPSA) is 91.3 Å². The van der Waals surface area contributed by atoms with Crippen molar-refractivity contribution in [1.82, 2.24) is 14.5 Å². The number of likely N-dealkylation sites (tertiary alicyclic amines) is 1. The van der Waals surface area contributed by atoms with E-state index < -0.39 is 15.6 Å². The minimum Gasteiger partial charge on any atom is -0.387 e. The Hall–Kier alpha value is -1.49. The summed E-state index contributed by atoms with van der Waals surface area (Å²) in [5.74, 6) is -0.217. The van der Waals surface area contributed by atoms with Gasteiger partial charge in [0.15, 0.2) is 5.60 Å². The van der Waals surface area contributed by atoms with E-state index in [0.29, 0.717) is 35.9 Å². The maximum Gasteiger partial charge on any atom is 0.269 e. The predicted molar refractivity (Wildman–Crippen MR) is 102 cm³/mol. The van der Waals surface area contributed by atoms with Crippen LogP contribution in [-0.4, -0.2) is 74.1 Å². The molecule has 2 fully saturated rings. The van der Waals surface area contributed by atoms with Crippen molar-refractivity contribution in [3.05, 3.63) is 17.5 Å². The fourth-order valence-electron chi connectivity index (χ4n) is 3.85. The third-order valence-electron chi connectivity index (χ3n) is 5.38. The van der Waals surface area contributed by atoms with Gasteiger partial charge in [-0.15, -0.1) is 11.3 Å². The van der Waals surface area contributed by atoms with Crippen molar-refractivity contribution in [2.75, 3.05) is 39.3 Å². The van der Waals surface area contributed by atoms with E-state index in [4.69, 9.17) is 4.84 Å². The fourth-order valence-corrected chi connectivity index (χ4v) is 6.51. The second-order valence-electron chi connectivity index (χ2n) is 7.31.